The van der Waals surface area contributed by atoms with Gasteiger partial charge < -0.3 is 5.11 Å². The Labute approximate surface area is 128 Å². The summed E-state index contributed by atoms with van der Waals surface area (Å²) in [5.74, 6) is -0.650. The predicted molar refractivity (Wildman–Crippen MR) is 82.2 cm³/mol. The molecule has 6 nitrogen and oxygen atoms in total. The van der Waals surface area contributed by atoms with Crippen LogP contribution in [0.1, 0.15) is 52.4 Å². The van der Waals surface area contributed by atoms with Gasteiger partial charge in [0.1, 0.15) is 0 Å². The van der Waals surface area contributed by atoms with Crippen LogP contribution >= 0.6 is 0 Å². The van der Waals surface area contributed by atoms with Crippen molar-refractivity contribution < 1.29 is 18.3 Å². The molecule has 0 aromatic heterocycles. The molecule has 0 amide bonds. The molecule has 124 valence electrons. The second-order valence-electron chi connectivity index (χ2n) is 5.71. The van der Waals surface area contributed by atoms with Crippen molar-refractivity contribution in [2.24, 2.45) is 5.92 Å². The lowest BCUT2D eigenvalue weighted by molar-refractivity contribution is -0.137. The molecule has 0 aromatic carbocycles. The van der Waals surface area contributed by atoms with Gasteiger partial charge in [0, 0.05) is 32.6 Å². The average Bonchev–Trinajstić information content (AvgIpc) is 2.45. The van der Waals surface area contributed by atoms with Gasteiger partial charge in [-0.05, 0) is 38.0 Å². The van der Waals surface area contributed by atoms with Crippen LogP contribution in [0.4, 0.5) is 0 Å². The van der Waals surface area contributed by atoms with E-state index in [4.69, 9.17) is 5.11 Å². The fourth-order valence-electron chi connectivity index (χ4n) is 2.80. The molecule has 0 aliphatic carbocycles. The summed E-state index contributed by atoms with van der Waals surface area (Å²) in [5.41, 5.74) is 0. The molecule has 1 atom stereocenters. The number of hydrogen-bond donors (Lipinski definition) is 1. The molecule has 1 N–H and O–H groups in total. The summed E-state index contributed by atoms with van der Waals surface area (Å²) in [7, 11) is -3.40. The Kier molecular flexibility index (Phi) is 7.62. The van der Waals surface area contributed by atoms with E-state index in [2.05, 4.69) is 0 Å². The molecule has 0 aromatic rings. The van der Waals surface area contributed by atoms with Crippen LogP contribution in [0, 0.1) is 5.92 Å². The van der Waals surface area contributed by atoms with Crippen molar-refractivity contribution in [1.82, 2.24) is 8.61 Å². The van der Waals surface area contributed by atoms with Crippen LogP contribution in [0.2, 0.25) is 0 Å². The van der Waals surface area contributed by atoms with Crippen molar-refractivity contribution in [3.63, 3.8) is 0 Å². The molecule has 1 unspecified atom stereocenters. The van der Waals surface area contributed by atoms with E-state index in [0.29, 0.717) is 32.6 Å². The maximum atomic E-state index is 12.7. The van der Waals surface area contributed by atoms with Gasteiger partial charge in [-0.1, -0.05) is 13.8 Å². The average molecular weight is 320 g/mol. The molecule has 1 rings (SSSR count). The Morgan fingerprint density at radius 3 is 2.43 bits per heavy atom. The molecule has 0 spiro atoms. The number of rotatable bonds is 9. The first-order valence-electron chi connectivity index (χ1n) is 7.88. The molecule has 0 radical (unpaired) electrons. The zero-order valence-corrected chi connectivity index (χ0v) is 13.9. The normalized spacial score (nSPS) is 20.8. The third-order valence-electron chi connectivity index (χ3n) is 3.85. The lowest BCUT2D eigenvalue weighted by Gasteiger charge is -2.35. The Bertz CT molecular complexity index is 419. The standard InChI is InChI=1S/C14H28N2O4S/c1-3-9-15(10-4-2)21(19,20)16-11-5-6-13(12-16)7-8-14(17)18/h13H,3-12H2,1-2H3,(H,17,18). The third-order valence-corrected chi connectivity index (χ3v) is 5.85. The van der Waals surface area contributed by atoms with E-state index < -0.39 is 16.2 Å². The summed E-state index contributed by atoms with van der Waals surface area (Å²) in [6, 6.07) is 0. The summed E-state index contributed by atoms with van der Waals surface area (Å²) in [6.45, 7) is 6.06. The number of aliphatic carboxylic acids is 1. The van der Waals surface area contributed by atoms with E-state index in [-0.39, 0.29) is 12.3 Å². The van der Waals surface area contributed by atoms with E-state index in [9.17, 15) is 13.2 Å². The van der Waals surface area contributed by atoms with E-state index in [0.717, 1.165) is 25.7 Å². The van der Waals surface area contributed by atoms with Gasteiger partial charge in [0.15, 0.2) is 0 Å². The fraction of sp³-hybridized carbons (Fsp3) is 0.929. The Hall–Kier alpha value is -0.660. The van der Waals surface area contributed by atoms with Crippen molar-refractivity contribution >= 4 is 16.2 Å². The van der Waals surface area contributed by atoms with Gasteiger partial charge in [-0.25, -0.2) is 0 Å². The zero-order valence-electron chi connectivity index (χ0n) is 13.1. The number of piperidine rings is 1. The smallest absolute Gasteiger partial charge is 0.303 e. The van der Waals surface area contributed by atoms with Gasteiger partial charge in [-0.3, -0.25) is 4.79 Å². The SMILES string of the molecule is CCCN(CCC)S(=O)(=O)N1CCCC(CCC(=O)O)C1. The lowest BCUT2D eigenvalue weighted by Crippen LogP contribution is -2.48. The monoisotopic (exact) mass is 320 g/mol. The summed E-state index contributed by atoms with van der Waals surface area (Å²) >= 11 is 0. The second kappa shape index (κ2) is 8.70. The minimum absolute atomic E-state index is 0.117. The van der Waals surface area contributed by atoms with Crippen LogP contribution in [0.3, 0.4) is 0 Å². The van der Waals surface area contributed by atoms with Gasteiger partial charge in [-0.15, -0.1) is 0 Å². The zero-order chi connectivity index (χ0) is 15.9. The number of carbonyl (C=O) groups is 1. The highest BCUT2D eigenvalue weighted by atomic mass is 32.2. The number of carboxylic acids is 1. The summed E-state index contributed by atoms with van der Waals surface area (Å²) in [4.78, 5) is 10.7. The van der Waals surface area contributed by atoms with Crippen molar-refractivity contribution in [2.45, 2.75) is 52.4 Å². The molecule has 1 aliphatic heterocycles. The predicted octanol–water partition coefficient (Wildman–Crippen LogP) is 1.93. The lowest BCUT2D eigenvalue weighted by atomic mass is 9.95. The van der Waals surface area contributed by atoms with Gasteiger partial charge >= 0.3 is 5.97 Å². The Morgan fingerprint density at radius 1 is 1.29 bits per heavy atom. The molecule has 0 saturated carbocycles. The van der Waals surface area contributed by atoms with Gasteiger partial charge in [0.25, 0.3) is 10.2 Å². The number of carboxylic acid groups (broad SMARTS) is 1. The van der Waals surface area contributed by atoms with Crippen molar-refractivity contribution in [2.75, 3.05) is 26.2 Å². The van der Waals surface area contributed by atoms with Crippen molar-refractivity contribution in [1.29, 1.82) is 0 Å². The molecule has 1 heterocycles. The topological polar surface area (TPSA) is 77.9 Å². The number of hydrogen-bond acceptors (Lipinski definition) is 3. The Balaban J connectivity index is 2.69. The maximum absolute atomic E-state index is 12.7. The first-order chi connectivity index (χ1) is 9.91. The highest BCUT2D eigenvalue weighted by Gasteiger charge is 2.32. The molecule has 1 saturated heterocycles. The van der Waals surface area contributed by atoms with E-state index >= 15 is 0 Å². The largest absolute Gasteiger partial charge is 0.481 e. The van der Waals surface area contributed by atoms with E-state index in [1.165, 1.54) is 0 Å². The third kappa shape index (κ3) is 5.56. The summed E-state index contributed by atoms with van der Waals surface area (Å²) in [5, 5.41) is 8.76. The van der Waals surface area contributed by atoms with Crippen LogP contribution in [0.25, 0.3) is 0 Å². The first kappa shape index (κ1) is 18.4. The highest BCUT2D eigenvalue weighted by molar-refractivity contribution is 7.86. The first-order valence-corrected chi connectivity index (χ1v) is 9.28. The molecular formula is C14H28N2O4S. The summed E-state index contributed by atoms with van der Waals surface area (Å²) in [6.07, 6.45) is 4.01. The Morgan fingerprint density at radius 2 is 1.90 bits per heavy atom. The van der Waals surface area contributed by atoms with E-state index in [1.54, 1.807) is 8.61 Å². The maximum Gasteiger partial charge on any atom is 0.303 e. The molecule has 21 heavy (non-hydrogen) atoms. The van der Waals surface area contributed by atoms with Crippen LogP contribution in [-0.4, -0.2) is 54.3 Å². The van der Waals surface area contributed by atoms with Gasteiger partial charge in [0.2, 0.25) is 0 Å². The van der Waals surface area contributed by atoms with Crippen molar-refractivity contribution in [3.8, 4) is 0 Å². The molecular weight excluding hydrogens is 292 g/mol. The minimum atomic E-state index is -3.40. The molecule has 0 bridgehead atoms. The van der Waals surface area contributed by atoms with E-state index in [1.807, 2.05) is 13.8 Å². The van der Waals surface area contributed by atoms with Crippen LogP contribution in [-0.2, 0) is 15.0 Å². The van der Waals surface area contributed by atoms with Gasteiger partial charge in [-0.2, -0.15) is 17.0 Å². The highest BCUT2D eigenvalue weighted by Crippen LogP contribution is 2.24. The van der Waals surface area contributed by atoms with Crippen LogP contribution < -0.4 is 0 Å². The number of nitrogens with zero attached hydrogens (tertiary/aromatic N) is 2. The molecule has 1 fully saturated rings. The quantitative estimate of drug-likeness (QED) is 0.704. The molecule has 7 heteroatoms. The minimum Gasteiger partial charge on any atom is -0.481 e. The van der Waals surface area contributed by atoms with Gasteiger partial charge in [0.05, 0.1) is 0 Å². The van der Waals surface area contributed by atoms with Crippen molar-refractivity contribution in [3.05, 3.63) is 0 Å². The van der Waals surface area contributed by atoms with Crippen LogP contribution in [0.5, 0.6) is 0 Å². The van der Waals surface area contributed by atoms with Crippen LogP contribution in [0.15, 0.2) is 0 Å². The second-order valence-corrected chi connectivity index (χ2v) is 7.63. The fourth-order valence-corrected chi connectivity index (χ4v) is 4.72. The molecule has 1 aliphatic rings. The summed E-state index contributed by atoms with van der Waals surface area (Å²) < 4.78 is 28.5.